The summed E-state index contributed by atoms with van der Waals surface area (Å²) >= 11 is 1.30. The summed E-state index contributed by atoms with van der Waals surface area (Å²) in [6.45, 7) is -0.291. The molecule has 0 bridgehead atoms. The molecule has 0 spiro atoms. The molecule has 1 N–H and O–H groups in total. The van der Waals surface area contributed by atoms with Gasteiger partial charge in [0.15, 0.2) is 0 Å². The molecule has 8 nitrogen and oxygen atoms in total. The standard InChI is InChI=1S/C14H12N2O6S/c17-5-10-12(18)15-11(7-23-13(10)15)14(19)22-6-8-1-3-9(4-2-8)16(20)21/h1-4,7,10,13,17H,5-6H2/t10-,13+/m0/s1. The Morgan fingerprint density at radius 3 is 2.70 bits per heavy atom. The maximum absolute atomic E-state index is 12.1. The predicted octanol–water partition coefficient (Wildman–Crippen LogP) is 1.00. The van der Waals surface area contributed by atoms with Crippen LogP contribution in [-0.2, 0) is 20.9 Å². The predicted molar refractivity (Wildman–Crippen MR) is 79.8 cm³/mol. The molecule has 0 aliphatic carbocycles. The van der Waals surface area contributed by atoms with Gasteiger partial charge in [0, 0.05) is 17.5 Å². The van der Waals surface area contributed by atoms with Crippen molar-refractivity contribution in [1.29, 1.82) is 0 Å². The maximum Gasteiger partial charge on any atom is 0.355 e. The van der Waals surface area contributed by atoms with Gasteiger partial charge in [-0.25, -0.2) is 4.79 Å². The van der Waals surface area contributed by atoms with E-state index in [1.807, 2.05) is 0 Å². The fourth-order valence-corrected chi connectivity index (χ4v) is 3.59. The second-order valence-corrected chi connectivity index (χ2v) is 6.02. The maximum atomic E-state index is 12.1. The SMILES string of the molecule is O=C(OCc1ccc([N+](=O)[O-])cc1)C1=CS[C@@H]2[C@@H](CO)C(=O)N12. The molecule has 2 atom stereocenters. The van der Waals surface area contributed by atoms with Gasteiger partial charge in [-0.3, -0.25) is 19.8 Å². The number of ether oxygens (including phenoxy) is 1. The molecule has 0 saturated carbocycles. The number of nitrogens with zero attached hydrogens (tertiary/aromatic N) is 2. The highest BCUT2D eigenvalue weighted by molar-refractivity contribution is 8.03. The highest BCUT2D eigenvalue weighted by atomic mass is 32.2. The highest BCUT2D eigenvalue weighted by Gasteiger charge is 2.53. The quantitative estimate of drug-likeness (QED) is 0.370. The number of aliphatic hydroxyl groups is 1. The lowest BCUT2D eigenvalue weighted by molar-refractivity contribution is -0.384. The highest BCUT2D eigenvalue weighted by Crippen LogP contribution is 2.44. The van der Waals surface area contributed by atoms with Crippen molar-refractivity contribution in [3.05, 3.63) is 51.0 Å². The Labute approximate surface area is 134 Å². The Morgan fingerprint density at radius 2 is 2.09 bits per heavy atom. The van der Waals surface area contributed by atoms with Crippen LogP contribution in [0, 0.1) is 16.0 Å². The number of non-ortho nitro benzene ring substituents is 1. The van der Waals surface area contributed by atoms with Crippen LogP contribution in [0.4, 0.5) is 5.69 Å². The smallest absolute Gasteiger partial charge is 0.355 e. The number of nitro benzene ring substituents is 1. The van der Waals surface area contributed by atoms with Gasteiger partial charge in [-0.15, -0.1) is 11.8 Å². The summed E-state index contributed by atoms with van der Waals surface area (Å²) in [5, 5.41) is 21.0. The lowest BCUT2D eigenvalue weighted by Crippen LogP contribution is -2.58. The van der Waals surface area contributed by atoms with Gasteiger partial charge in [0.1, 0.15) is 17.7 Å². The molecule has 1 saturated heterocycles. The summed E-state index contributed by atoms with van der Waals surface area (Å²) in [4.78, 5) is 35.2. The van der Waals surface area contributed by atoms with Crippen LogP contribution in [0.3, 0.4) is 0 Å². The van der Waals surface area contributed by atoms with E-state index in [-0.39, 0.29) is 35.9 Å². The van der Waals surface area contributed by atoms with Crippen LogP contribution in [0.15, 0.2) is 35.4 Å². The number of hydrogen-bond acceptors (Lipinski definition) is 7. The summed E-state index contributed by atoms with van der Waals surface area (Å²) in [5.41, 5.74) is 0.727. The van der Waals surface area contributed by atoms with Crippen LogP contribution in [-0.4, -0.2) is 38.8 Å². The molecule has 1 fully saturated rings. The molecule has 2 heterocycles. The second kappa shape index (κ2) is 6.01. The zero-order chi connectivity index (χ0) is 16.6. The molecule has 0 unspecified atom stereocenters. The van der Waals surface area contributed by atoms with Crippen LogP contribution in [0.1, 0.15) is 5.56 Å². The van der Waals surface area contributed by atoms with Crippen molar-refractivity contribution in [3.8, 4) is 0 Å². The number of fused-ring (bicyclic) bond motifs is 1. The molecule has 1 amide bonds. The first kappa shape index (κ1) is 15.5. The van der Waals surface area contributed by atoms with E-state index in [0.29, 0.717) is 5.56 Å². The summed E-state index contributed by atoms with van der Waals surface area (Å²) in [7, 11) is 0. The normalized spacial score (nSPS) is 22.2. The number of carbonyl (C=O) groups is 2. The lowest BCUT2D eigenvalue weighted by atomic mass is 9.99. The minimum absolute atomic E-state index is 0.0426. The molecule has 2 aliphatic rings. The number of rotatable bonds is 5. The van der Waals surface area contributed by atoms with Gasteiger partial charge in [0.2, 0.25) is 5.91 Å². The molecule has 9 heteroatoms. The van der Waals surface area contributed by atoms with Crippen molar-refractivity contribution in [2.24, 2.45) is 5.92 Å². The number of thioether (sulfide) groups is 1. The van der Waals surface area contributed by atoms with Crippen molar-refractivity contribution in [2.45, 2.75) is 12.0 Å². The first-order chi connectivity index (χ1) is 11.0. The molecule has 1 aromatic rings. The van der Waals surface area contributed by atoms with Crippen molar-refractivity contribution < 1.29 is 24.4 Å². The van der Waals surface area contributed by atoms with Gasteiger partial charge in [-0.2, -0.15) is 0 Å². The molecule has 3 rings (SSSR count). The molecule has 120 valence electrons. The van der Waals surface area contributed by atoms with E-state index in [1.54, 1.807) is 5.41 Å². The first-order valence-electron chi connectivity index (χ1n) is 6.73. The van der Waals surface area contributed by atoms with Crippen molar-refractivity contribution in [2.75, 3.05) is 6.61 Å². The zero-order valence-corrected chi connectivity index (χ0v) is 12.6. The summed E-state index contributed by atoms with van der Waals surface area (Å²) in [5.74, 6) is -1.40. The van der Waals surface area contributed by atoms with Gasteiger partial charge >= 0.3 is 5.97 Å². The van der Waals surface area contributed by atoms with Gasteiger partial charge in [-0.05, 0) is 17.7 Å². The molecule has 0 aromatic heterocycles. The van der Waals surface area contributed by atoms with Crippen LogP contribution in [0.2, 0.25) is 0 Å². The van der Waals surface area contributed by atoms with E-state index in [9.17, 15) is 19.7 Å². The molecular weight excluding hydrogens is 324 g/mol. The van der Waals surface area contributed by atoms with Crippen LogP contribution in [0.25, 0.3) is 0 Å². The zero-order valence-electron chi connectivity index (χ0n) is 11.7. The number of benzene rings is 1. The number of nitro groups is 1. The third-order valence-electron chi connectivity index (χ3n) is 3.65. The third kappa shape index (κ3) is 2.68. The van der Waals surface area contributed by atoms with Gasteiger partial charge < -0.3 is 9.84 Å². The molecule has 0 radical (unpaired) electrons. The molecular formula is C14H12N2O6S. The fraction of sp³-hybridized carbons (Fsp3) is 0.286. The summed E-state index contributed by atoms with van der Waals surface area (Å²) in [6.07, 6.45) is 0. The van der Waals surface area contributed by atoms with E-state index in [2.05, 4.69) is 0 Å². The van der Waals surface area contributed by atoms with Crippen LogP contribution >= 0.6 is 11.8 Å². The average Bonchev–Trinajstić information content (AvgIpc) is 2.93. The summed E-state index contributed by atoms with van der Waals surface area (Å²) in [6, 6.07) is 5.66. The van der Waals surface area contributed by atoms with E-state index < -0.39 is 16.8 Å². The monoisotopic (exact) mass is 336 g/mol. The van der Waals surface area contributed by atoms with Gasteiger partial charge in [0.05, 0.1) is 17.4 Å². The Bertz CT molecular complexity index is 702. The van der Waals surface area contributed by atoms with Crippen molar-refractivity contribution >= 4 is 29.3 Å². The molecule has 1 aromatic carbocycles. The van der Waals surface area contributed by atoms with Crippen molar-refractivity contribution in [1.82, 2.24) is 4.90 Å². The Hall–Kier alpha value is -2.39. The Balaban J connectivity index is 1.58. The number of aliphatic hydroxyl groups excluding tert-OH is 1. The largest absolute Gasteiger partial charge is 0.456 e. The number of carbonyl (C=O) groups excluding carboxylic acids is 2. The second-order valence-electron chi connectivity index (χ2n) is 5.03. The number of hydrogen-bond donors (Lipinski definition) is 1. The van der Waals surface area contributed by atoms with Crippen LogP contribution < -0.4 is 0 Å². The van der Waals surface area contributed by atoms with Crippen molar-refractivity contribution in [3.63, 3.8) is 0 Å². The van der Waals surface area contributed by atoms with Gasteiger partial charge in [-0.1, -0.05) is 0 Å². The summed E-state index contributed by atoms with van der Waals surface area (Å²) < 4.78 is 5.14. The minimum atomic E-state index is -0.636. The number of β-lactam (4-membered cyclic amide) rings is 1. The number of amides is 1. The first-order valence-corrected chi connectivity index (χ1v) is 7.67. The fourth-order valence-electron chi connectivity index (χ4n) is 2.38. The minimum Gasteiger partial charge on any atom is -0.456 e. The van der Waals surface area contributed by atoms with Crippen LogP contribution in [0.5, 0.6) is 0 Å². The van der Waals surface area contributed by atoms with E-state index in [0.717, 1.165) is 0 Å². The Morgan fingerprint density at radius 1 is 1.39 bits per heavy atom. The topological polar surface area (TPSA) is 110 Å². The van der Waals surface area contributed by atoms with E-state index >= 15 is 0 Å². The third-order valence-corrected chi connectivity index (χ3v) is 4.83. The molecule has 23 heavy (non-hydrogen) atoms. The molecule has 2 aliphatic heterocycles. The van der Waals surface area contributed by atoms with E-state index in [1.165, 1.54) is 40.9 Å². The average molecular weight is 336 g/mol. The Kier molecular flexibility index (Phi) is 4.05. The van der Waals surface area contributed by atoms with Gasteiger partial charge in [0.25, 0.3) is 5.69 Å². The van der Waals surface area contributed by atoms with E-state index in [4.69, 9.17) is 9.84 Å². The number of esters is 1. The lowest BCUT2D eigenvalue weighted by Gasteiger charge is -2.41.